The summed E-state index contributed by atoms with van der Waals surface area (Å²) in [5.41, 5.74) is 19.3. The van der Waals surface area contributed by atoms with E-state index in [0.29, 0.717) is 0 Å². The first-order chi connectivity index (χ1) is 26.9. The van der Waals surface area contributed by atoms with Crippen LogP contribution in [0, 0.1) is 6.92 Å². The van der Waals surface area contributed by atoms with E-state index in [-0.39, 0.29) is 11.4 Å². The summed E-state index contributed by atoms with van der Waals surface area (Å²) in [5.74, 6) is 0. The summed E-state index contributed by atoms with van der Waals surface area (Å²) in [6, 6.07) is 23.4. The van der Waals surface area contributed by atoms with Gasteiger partial charge >= 0.3 is 0 Å². The van der Waals surface area contributed by atoms with Crippen molar-refractivity contribution in [3.05, 3.63) is 171 Å². The lowest BCUT2D eigenvalue weighted by Gasteiger charge is -2.21. The van der Waals surface area contributed by atoms with E-state index in [1.807, 2.05) is 36.8 Å². The molecular weight excluding hydrogens is 740 g/mol. The topological polar surface area (TPSA) is 97.4 Å². The van der Waals surface area contributed by atoms with Gasteiger partial charge in [0.05, 0.1) is 23.8 Å². The van der Waals surface area contributed by atoms with Crippen molar-refractivity contribution in [1.29, 1.82) is 0 Å². The van der Waals surface area contributed by atoms with Gasteiger partial charge in [-0.3, -0.25) is 9.97 Å². The number of halogens is 2. The van der Waals surface area contributed by atoms with Gasteiger partial charge in [0.25, 0.3) is 0 Å². The molecule has 55 heavy (non-hydrogen) atoms. The summed E-state index contributed by atoms with van der Waals surface area (Å²) in [5, 5.41) is 4.44. The molecule has 4 aromatic heterocycles. The maximum Gasteiger partial charge on any atom is 0.101 e. The standard InChI is InChI=1S/C21H23ClN4.C15H14ClN.C9H17N2P/c22-17-8-9-19-16(12-17)7-6-15-4-3-11-24-20(15)21(19)25-10-2-1-5-18-13-23-14-26-18;1-10-4-7-13-12(9-10)6-5-11-3-2-8-17-15(11)14(13)16;10-5-2-1-3-9-4-6-11(7-9)8-12/h3-4,8-9,11-14,21,25H,1-2,5-7,10H2,(H,23,26);2-4,7-9,14H,5-6H2,1H3;4,6-7H,1-3,5,8,10,12H2. The third-order valence-corrected chi connectivity index (χ3v) is 11.5. The Bertz CT molecular complexity index is 2080. The molecule has 0 saturated carbocycles. The van der Waals surface area contributed by atoms with E-state index < -0.39 is 0 Å². The molecule has 0 fully saturated rings. The van der Waals surface area contributed by atoms with Crippen molar-refractivity contribution in [2.24, 2.45) is 5.73 Å². The second-order valence-electron chi connectivity index (χ2n) is 14.4. The van der Waals surface area contributed by atoms with Crippen LogP contribution in [0.3, 0.4) is 0 Å². The SMILES string of the molecule is Cc1ccc2c(c1)CCc1cccnc1C2Cl.Clc1ccc2c(c1)CCc1cccnc1C2NCCCCc1cnc[nH]1.NCCCCc1ccn(CP)c1. The number of unbranched alkanes of at least 4 members (excludes halogenated alkanes) is 2. The van der Waals surface area contributed by atoms with Crippen LogP contribution < -0.4 is 11.1 Å². The number of benzene rings is 2. The number of aromatic amines is 1. The highest BCUT2D eigenvalue weighted by atomic mass is 35.5. The molecule has 0 spiro atoms. The number of aromatic nitrogens is 5. The summed E-state index contributed by atoms with van der Waals surface area (Å²) < 4.78 is 2.17. The van der Waals surface area contributed by atoms with Gasteiger partial charge in [0.15, 0.2) is 0 Å². The van der Waals surface area contributed by atoms with E-state index in [2.05, 4.69) is 102 Å². The highest BCUT2D eigenvalue weighted by Gasteiger charge is 2.25. The Kier molecular flexibility index (Phi) is 15.5. The van der Waals surface area contributed by atoms with E-state index in [1.165, 1.54) is 56.6 Å². The molecule has 0 radical (unpaired) electrons. The summed E-state index contributed by atoms with van der Waals surface area (Å²) >= 11 is 12.8. The molecule has 7 nitrogen and oxygen atoms in total. The Morgan fingerprint density at radius 2 is 1.55 bits per heavy atom. The van der Waals surface area contributed by atoms with Crippen LogP contribution in [0.5, 0.6) is 0 Å². The molecule has 3 unspecified atom stereocenters. The van der Waals surface area contributed by atoms with Crippen LogP contribution >= 0.6 is 32.4 Å². The molecule has 4 heterocycles. The Labute approximate surface area is 339 Å². The number of imidazole rings is 1. The number of hydrogen-bond acceptors (Lipinski definition) is 5. The Hall–Kier alpha value is -3.84. The van der Waals surface area contributed by atoms with E-state index in [4.69, 9.17) is 33.9 Å². The normalized spacial score (nSPS) is 15.4. The van der Waals surface area contributed by atoms with E-state index in [9.17, 15) is 0 Å². The van der Waals surface area contributed by atoms with Crippen molar-refractivity contribution in [3.63, 3.8) is 0 Å². The Morgan fingerprint density at radius 3 is 2.27 bits per heavy atom. The molecule has 8 rings (SSSR count). The molecule has 2 aliphatic carbocycles. The third kappa shape index (κ3) is 11.4. The summed E-state index contributed by atoms with van der Waals surface area (Å²) in [4.78, 5) is 16.4. The fourth-order valence-electron chi connectivity index (χ4n) is 7.46. The Morgan fingerprint density at radius 1 is 0.836 bits per heavy atom. The van der Waals surface area contributed by atoms with Crippen LogP contribution in [-0.4, -0.2) is 37.6 Å². The van der Waals surface area contributed by atoms with Gasteiger partial charge in [0.2, 0.25) is 0 Å². The minimum absolute atomic E-state index is 0.107. The van der Waals surface area contributed by atoms with Crippen LogP contribution in [0.1, 0.15) is 98.7 Å². The van der Waals surface area contributed by atoms with Gasteiger partial charge < -0.3 is 20.6 Å². The summed E-state index contributed by atoms with van der Waals surface area (Å²) in [7, 11) is 2.71. The van der Waals surface area contributed by atoms with Crippen LogP contribution in [0.25, 0.3) is 0 Å². The van der Waals surface area contributed by atoms with Gasteiger partial charge in [-0.05, 0) is 153 Å². The van der Waals surface area contributed by atoms with E-state index >= 15 is 0 Å². The summed E-state index contributed by atoms with van der Waals surface area (Å²) in [6.07, 6.45) is 23.5. The molecule has 0 saturated heterocycles. The number of nitrogens with zero attached hydrogens (tertiary/aromatic N) is 4. The van der Waals surface area contributed by atoms with Gasteiger partial charge in [-0.15, -0.1) is 20.8 Å². The molecule has 0 aliphatic heterocycles. The molecule has 288 valence electrons. The number of aryl methyl sites for hydroxylation is 7. The number of hydrogen-bond donors (Lipinski definition) is 3. The number of fused-ring (bicyclic) bond motifs is 4. The van der Waals surface area contributed by atoms with Crippen molar-refractivity contribution in [2.45, 2.75) is 88.8 Å². The second kappa shape index (κ2) is 20.9. The van der Waals surface area contributed by atoms with Gasteiger partial charge in [-0.2, -0.15) is 0 Å². The average molecular weight is 795 g/mol. The van der Waals surface area contributed by atoms with Crippen molar-refractivity contribution in [2.75, 3.05) is 13.1 Å². The summed E-state index contributed by atoms with van der Waals surface area (Å²) in [6.45, 7) is 3.89. The zero-order valence-corrected chi connectivity index (χ0v) is 34.5. The Balaban J connectivity index is 0.000000152. The first-order valence-electron chi connectivity index (χ1n) is 19.6. The minimum atomic E-state index is -0.107. The largest absolute Gasteiger partial charge is 0.350 e. The fourth-order valence-corrected chi connectivity index (χ4v) is 8.29. The van der Waals surface area contributed by atoms with Crippen molar-refractivity contribution < 1.29 is 0 Å². The lowest BCUT2D eigenvalue weighted by Crippen LogP contribution is -2.25. The molecule has 4 N–H and O–H groups in total. The number of rotatable bonds is 11. The van der Waals surface area contributed by atoms with E-state index in [1.54, 1.807) is 6.33 Å². The van der Waals surface area contributed by atoms with Crippen LogP contribution in [0.2, 0.25) is 5.02 Å². The second-order valence-corrected chi connectivity index (χ2v) is 15.6. The number of H-pyrrole nitrogens is 1. The molecular formula is C45H54Cl2N7P. The van der Waals surface area contributed by atoms with Gasteiger partial charge in [0.1, 0.15) is 5.38 Å². The fraction of sp³-hybridized carbons (Fsp3) is 0.356. The lowest BCUT2D eigenvalue weighted by atomic mass is 9.98. The van der Waals surface area contributed by atoms with Gasteiger partial charge in [-0.1, -0.05) is 53.6 Å². The van der Waals surface area contributed by atoms with Crippen molar-refractivity contribution in [3.8, 4) is 0 Å². The van der Waals surface area contributed by atoms with Crippen molar-refractivity contribution >= 4 is 32.4 Å². The maximum absolute atomic E-state index is 6.57. The third-order valence-electron chi connectivity index (χ3n) is 10.4. The zero-order valence-electron chi connectivity index (χ0n) is 31.9. The molecule has 2 aliphatic rings. The highest BCUT2D eigenvalue weighted by molar-refractivity contribution is 7.15. The predicted molar refractivity (Wildman–Crippen MR) is 231 cm³/mol. The maximum atomic E-state index is 6.57. The van der Waals surface area contributed by atoms with Crippen molar-refractivity contribution in [1.82, 2.24) is 29.8 Å². The molecule has 0 amide bonds. The quantitative estimate of drug-likeness (QED) is 0.0690. The minimum Gasteiger partial charge on any atom is -0.350 e. The number of alkyl halides is 1. The molecule has 3 atom stereocenters. The van der Waals surface area contributed by atoms with Crippen LogP contribution in [0.15, 0.2) is 104 Å². The van der Waals surface area contributed by atoms with Gasteiger partial charge in [-0.25, -0.2) is 4.98 Å². The number of nitrogens with one attached hydrogen (secondary N) is 2. The lowest BCUT2D eigenvalue weighted by molar-refractivity contribution is 0.557. The molecule has 6 aromatic rings. The monoisotopic (exact) mass is 793 g/mol. The first kappa shape index (κ1) is 40.8. The highest BCUT2D eigenvalue weighted by Crippen LogP contribution is 2.36. The molecule has 10 heteroatoms. The van der Waals surface area contributed by atoms with Gasteiger partial charge in [0, 0.05) is 48.0 Å². The first-order valence-corrected chi connectivity index (χ1v) is 21.2. The predicted octanol–water partition coefficient (Wildman–Crippen LogP) is 9.68. The number of pyridine rings is 2. The van der Waals surface area contributed by atoms with Crippen LogP contribution in [-0.2, 0) is 44.8 Å². The molecule has 0 bridgehead atoms. The smallest absolute Gasteiger partial charge is 0.101 e. The van der Waals surface area contributed by atoms with Crippen LogP contribution in [0.4, 0.5) is 0 Å². The average Bonchev–Trinajstić information content (AvgIpc) is 3.86. The van der Waals surface area contributed by atoms with E-state index in [0.717, 1.165) is 93.6 Å². The number of nitrogens with two attached hydrogens (primary N) is 1. The zero-order chi connectivity index (χ0) is 38.4. The molecule has 2 aromatic carbocycles.